The highest BCUT2D eigenvalue weighted by molar-refractivity contribution is 6.33. The molecule has 0 atom stereocenters. The molecule has 1 amide bonds. The summed E-state index contributed by atoms with van der Waals surface area (Å²) in [6.07, 6.45) is 0. The van der Waals surface area contributed by atoms with Gasteiger partial charge in [-0.25, -0.2) is 4.68 Å². The number of nitrogens with one attached hydrogen (secondary N) is 1. The molecule has 1 heterocycles. The van der Waals surface area contributed by atoms with E-state index in [9.17, 15) is 14.9 Å². The molecule has 32 heavy (non-hydrogen) atoms. The molecule has 0 radical (unpaired) electrons. The number of benzene rings is 3. The van der Waals surface area contributed by atoms with E-state index in [1.165, 1.54) is 16.8 Å². The van der Waals surface area contributed by atoms with E-state index in [1.54, 1.807) is 36.4 Å². The van der Waals surface area contributed by atoms with Crippen molar-refractivity contribution in [2.45, 2.75) is 13.8 Å². The molecule has 1 aromatic heterocycles. The van der Waals surface area contributed by atoms with Gasteiger partial charge in [-0.3, -0.25) is 14.9 Å². The molecule has 3 aromatic carbocycles. The summed E-state index contributed by atoms with van der Waals surface area (Å²) in [5.41, 5.74) is 4.45. The van der Waals surface area contributed by atoms with Crippen molar-refractivity contribution in [2.24, 2.45) is 0 Å². The average molecular weight is 447 g/mol. The van der Waals surface area contributed by atoms with Crippen molar-refractivity contribution >= 4 is 28.9 Å². The second kappa shape index (κ2) is 8.64. The lowest BCUT2D eigenvalue weighted by molar-refractivity contribution is -0.384. The lowest BCUT2D eigenvalue weighted by Crippen LogP contribution is -2.17. The predicted octanol–water partition coefficient (Wildman–Crippen LogP) is 5.97. The van der Waals surface area contributed by atoms with Gasteiger partial charge in [0.1, 0.15) is 5.69 Å². The van der Waals surface area contributed by atoms with Crippen molar-refractivity contribution in [3.8, 4) is 16.9 Å². The Labute approximate surface area is 189 Å². The van der Waals surface area contributed by atoms with E-state index in [0.717, 1.165) is 11.1 Å². The number of anilines is 1. The Kier molecular flexibility index (Phi) is 5.75. The molecule has 7 nitrogen and oxygen atoms in total. The van der Waals surface area contributed by atoms with Gasteiger partial charge < -0.3 is 5.32 Å². The van der Waals surface area contributed by atoms with Crippen molar-refractivity contribution < 1.29 is 9.72 Å². The molecule has 8 heteroatoms. The van der Waals surface area contributed by atoms with Crippen molar-refractivity contribution in [3.05, 3.63) is 105 Å². The summed E-state index contributed by atoms with van der Waals surface area (Å²) in [6.45, 7) is 3.96. The zero-order valence-corrected chi connectivity index (χ0v) is 18.1. The summed E-state index contributed by atoms with van der Waals surface area (Å²) in [4.78, 5) is 24.0. The number of nitro groups is 1. The molecule has 160 valence electrons. The summed E-state index contributed by atoms with van der Waals surface area (Å²) in [5.74, 6) is -0.398. The Balaban J connectivity index is 1.81. The Morgan fingerprint density at radius 3 is 2.50 bits per heavy atom. The predicted molar refractivity (Wildman–Crippen MR) is 125 cm³/mol. The summed E-state index contributed by atoms with van der Waals surface area (Å²) in [5, 5.41) is 19.2. The Bertz CT molecular complexity index is 1350. The quantitative estimate of drug-likeness (QED) is 0.302. The van der Waals surface area contributed by atoms with Crippen LogP contribution >= 0.6 is 11.6 Å². The highest BCUT2D eigenvalue weighted by atomic mass is 35.5. The minimum atomic E-state index is -0.489. The highest BCUT2D eigenvalue weighted by Crippen LogP contribution is 2.29. The van der Waals surface area contributed by atoms with Gasteiger partial charge in [0.15, 0.2) is 0 Å². The largest absolute Gasteiger partial charge is 0.321 e. The van der Waals surface area contributed by atoms with Gasteiger partial charge in [0.25, 0.3) is 11.6 Å². The molecule has 0 unspecified atom stereocenters. The number of halogens is 1. The van der Waals surface area contributed by atoms with Crippen LogP contribution in [0, 0.1) is 24.0 Å². The number of hydrogen-bond acceptors (Lipinski definition) is 4. The number of nitro benzene ring substituents is 1. The van der Waals surface area contributed by atoms with E-state index in [2.05, 4.69) is 10.4 Å². The van der Waals surface area contributed by atoms with Crippen molar-refractivity contribution in [1.29, 1.82) is 0 Å². The van der Waals surface area contributed by atoms with Crippen LogP contribution < -0.4 is 5.32 Å². The number of hydrogen-bond donors (Lipinski definition) is 1. The van der Waals surface area contributed by atoms with E-state index in [4.69, 9.17) is 11.6 Å². The summed E-state index contributed by atoms with van der Waals surface area (Å²) in [6, 6.07) is 20.4. The number of aryl methyl sites for hydroxylation is 2. The van der Waals surface area contributed by atoms with Gasteiger partial charge in [0.2, 0.25) is 0 Å². The molecular formula is C24H19ClN4O3. The third kappa shape index (κ3) is 4.24. The molecular weight excluding hydrogens is 428 g/mol. The number of carbonyl (C=O) groups is 1. The third-order valence-electron chi connectivity index (χ3n) is 5.14. The molecule has 0 saturated heterocycles. The molecule has 0 spiro atoms. The molecule has 0 saturated carbocycles. The Morgan fingerprint density at radius 1 is 1.00 bits per heavy atom. The zero-order valence-electron chi connectivity index (χ0n) is 17.4. The van der Waals surface area contributed by atoms with Gasteiger partial charge in [0.05, 0.1) is 21.3 Å². The van der Waals surface area contributed by atoms with E-state index in [-0.39, 0.29) is 11.4 Å². The van der Waals surface area contributed by atoms with Gasteiger partial charge in [-0.05, 0) is 55.3 Å². The maximum Gasteiger partial charge on any atom is 0.274 e. The molecule has 0 aliphatic carbocycles. The monoisotopic (exact) mass is 446 g/mol. The first-order valence-corrected chi connectivity index (χ1v) is 10.2. The van der Waals surface area contributed by atoms with Crippen molar-refractivity contribution in [3.63, 3.8) is 0 Å². The van der Waals surface area contributed by atoms with Gasteiger partial charge in [0, 0.05) is 23.4 Å². The van der Waals surface area contributed by atoms with Gasteiger partial charge in [-0.1, -0.05) is 41.9 Å². The zero-order chi connectivity index (χ0) is 22.8. The van der Waals surface area contributed by atoms with Gasteiger partial charge >= 0.3 is 0 Å². The molecule has 1 N–H and O–H groups in total. The number of carbonyl (C=O) groups excluding carboxylic acids is 1. The van der Waals surface area contributed by atoms with Crippen LogP contribution in [0.4, 0.5) is 11.4 Å². The average Bonchev–Trinajstić information content (AvgIpc) is 3.22. The fourth-order valence-corrected chi connectivity index (χ4v) is 3.53. The van der Waals surface area contributed by atoms with E-state index >= 15 is 0 Å². The maximum atomic E-state index is 13.2. The third-order valence-corrected chi connectivity index (χ3v) is 5.47. The van der Waals surface area contributed by atoms with Crippen LogP contribution in [-0.4, -0.2) is 20.6 Å². The lowest BCUT2D eigenvalue weighted by atomic mass is 10.1. The molecule has 0 aliphatic rings. The Hall–Kier alpha value is -3.97. The molecule has 0 aliphatic heterocycles. The highest BCUT2D eigenvalue weighted by Gasteiger charge is 2.20. The lowest BCUT2D eigenvalue weighted by Gasteiger charge is -2.10. The minimum absolute atomic E-state index is 0.0992. The first-order valence-electron chi connectivity index (χ1n) is 9.82. The topological polar surface area (TPSA) is 90.1 Å². The normalized spacial score (nSPS) is 10.7. The standard InChI is InChI=1S/C24H19ClN4O3/c1-15-10-11-17(12-16(15)2)26-24(30)23-14-22(20-8-3-4-9-21(20)25)27-28(23)18-6-5-7-19(13-18)29(31)32/h3-14H,1-2H3,(H,26,30). The molecule has 0 bridgehead atoms. The molecule has 4 aromatic rings. The molecule has 4 rings (SSSR count). The SMILES string of the molecule is Cc1ccc(NC(=O)c2cc(-c3ccccc3Cl)nn2-c2cccc([N+](=O)[O-])c2)cc1C. The van der Waals surface area contributed by atoms with Crippen molar-refractivity contribution in [2.75, 3.05) is 5.32 Å². The van der Waals surface area contributed by atoms with Gasteiger partial charge in [-0.15, -0.1) is 0 Å². The minimum Gasteiger partial charge on any atom is -0.321 e. The number of non-ortho nitro benzene ring substituents is 1. The second-order valence-electron chi connectivity index (χ2n) is 7.34. The van der Waals surface area contributed by atoms with Crippen LogP contribution in [0.25, 0.3) is 16.9 Å². The van der Waals surface area contributed by atoms with Crippen LogP contribution in [0.2, 0.25) is 5.02 Å². The van der Waals surface area contributed by atoms with E-state index in [0.29, 0.717) is 27.7 Å². The van der Waals surface area contributed by atoms with E-state index < -0.39 is 10.8 Å². The fraction of sp³-hybridized carbons (Fsp3) is 0.0833. The summed E-state index contributed by atoms with van der Waals surface area (Å²) < 4.78 is 1.39. The summed E-state index contributed by atoms with van der Waals surface area (Å²) >= 11 is 6.34. The second-order valence-corrected chi connectivity index (χ2v) is 7.74. The molecule has 0 fully saturated rings. The summed E-state index contributed by atoms with van der Waals surface area (Å²) in [7, 11) is 0. The van der Waals surface area contributed by atoms with Crippen molar-refractivity contribution in [1.82, 2.24) is 9.78 Å². The maximum absolute atomic E-state index is 13.2. The smallest absolute Gasteiger partial charge is 0.274 e. The number of amides is 1. The first kappa shape index (κ1) is 21.3. The van der Waals surface area contributed by atoms with Crippen LogP contribution in [0.5, 0.6) is 0 Å². The number of nitrogens with zero attached hydrogens (tertiary/aromatic N) is 3. The van der Waals surface area contributed by atoms with E-state index in [1.807, 2.05) is 38.1 Å². The van der Waals surface area contributed by atoms with Gasteiger partial charge in [-0.2, -0.15) is 5.10 Å². The first-order chi connectivity index (χ1) is 15.3. The fourth-order valence-electron chi connectivity index (χ4n) is 3.29. The van der Waals surface area contributed by atoms with Crippen LogP contribution in [-0.2, 0) is 0 Å². The number of rotatable bonds is 5. The van der Waals surface area contributed by atoms with Crippen LogP contribution in [0.3, 0.4) is 0 Å². The Morgan fingerprint density at radius 2 is 1.78 bits per heavy atom. The van der Waals surface area contributed by atoms with Crippen LogP contribution in [0.1, 0.15) is 21.6 Å². The van der Waals surface area contributed by atoms with Crippen LogP contribution in [0.15, 0.2) is 72.8 Å². The number of aromatic nitrogens is 2.